The van der Waals surface area contributed by atoms with Crippen molar-refractivity contribution in [3.8, 4) is 11.8 Å². The molecule has 0 aliphatic carbocycles. The molecule has 0 amide bonds. The fraction of sp³-hybridized carbons (Fsp3) is 0.417. The van der Waals surface area contributed by atoms with Gasteiger partial charge < -0.3 is 10.5 Å². The lowest BCUT2D eigenvalue weighted by atomic mass is 10.2. The molecule has 3 heteroatoms. The SMILES string of the molecule is Cc1cc(OCCCCC#N)ccc1N. The average molecular weight is 204 g/mol. The molecule has 0 saturated carbocycles. The predicted octanol–water partition coefficient (Wildman–Crippen LogP) is 2.65. The van der Waals surface area contributed by atoms with Gasteiger partial charge in [0.2, 0.25) is 0 Å². The Kier molecular flexibility index (Phi) is 4.49. The van der Waals surface area contributed by atoms with Crippen LogP contribution < -0.4 is 10.5 Å². The zero-order valence-electron chi connectivity index (χ0n) is 8.99. The number of benzene rings is 1. The van der Waals surface area contributed by atoms with Crippen molar-refractivity contribution in [1.82, 2.24) is 0 Å². The number of aryl methyl sites for hydroxylation is 1. The number of nitrogen functional groups attached to an aromatic ring is 1. The predicted molar refractivity (Wildman–Crippen MR) is 60.6 cm³/mol. The van der Waals surface area contributed by atoms with Crippen molar-refractivity contribution < 1.29 is 4.74 Å². The van der Waals surface area contributed by atoms with Gasteiger partial charge in [-0.15, -0.1) is 0 Å². The Bertz CT molecular complexity index is 355. The highest BCUT2D eigenvalue weighted by Gasteiger charge is 1.97. The van der Waals surface area contributed by atoms with Gasteiger partial charge in [-0.05, 0) is 43.5 Å². The Hall–Kier alpha value is -1.69. The van der Waals surface area contributed by atoms with Crippen LogP contribution in [0.15, 0.2) is 18.2 Å². The van der Waals surface area contributed by atoms with Crippen molar-refractivity contribution in [3.05, 3.63) is 23.8 Å². The molecule has 0 unspecified atom stereocenters. The van der Waals surface area contributed by atoms with Crippen molar-refractivity contribution in [1.29, 1.82) is 5.26 Å². The molecule has 1 aromatic carbocycles. The lowest BCUT2D eigenvalue weighted by Crippen LogP contribution is -1.98. The largest absolute Gasteiger partial charge is 0.494 e. The molecule has 0 heterocycles. The fourth-order valence-electron chi connectivity index (χ4n) is 1.23. The number of nitrogens with zero attached hydrogens (tertiary/aromatic N) is 1. The number of nitrogens with two attached hydrogens (primary N) is 1. The van der Waals surface area contributed by atoms with Gasteiger partial charge in [0.15, 0.2) is 0 Å². The van der Waals surface area contributed by atoms with E-state index in [0.717, 1.165) is 29.8 Å². The van der Waals surface area contributed by atoms with Gasteiger partial charge in [0.05, 0.1) is 12.7 Å². The minimum absolute atomic E-state index is 0.601. The molecule has 0 spiro atoms. The maximum atomic E-state index is 8.34. The van der Waals surface area contributed by atoms with Gasteiger partial charge in [-0.3, -0.25) is 0 Å². The molecule has 0 fully saturated rings. The maximum absolute atomic E-state index is 8.34. The van der Waals surface area contributed by atoms with E-state index in [4.69, 9.17) is 15.7 Å². The zero-order chi connectivity index (χ0) is 11.1. The molecule has 0 aliphatic rings. The van der Waals surface area contributed by atoms with Gasteiger partial charge >= 0.3 is 0 Å². The van der Waals surface area contributed by atoms with E-state index in [1.54, 1.807) is 0 Å². The second-order valence-electron chi connectivity index (χ2n) is 3.48. The molecule has 0 aromatic heterocycles. The number of nitriles is 1. The Morgan fingerprint density at radius 1 is 1.40 bits per heavy atom. The van der Waals surface area contributed by atoms with Gasteiger partial charge in [-0.1, -0.05) is 0 Å². The van der Waals surface area contributed by atoms with E-state index in [1.807, 2.05) is 25.1 Å². The Morgan fingerprint density at radius 2 is 2.20 bits per heavy atom. The fourth-order valence-corrected chi connectivity index (χ4v) is 1.23. The van der Waals surface area contributed by atoms with Crippen molar-refractivity contribution in [2.75, 3.05) is 12.3 Å². The highest BCUT2D eigenvalue weighted by Crippen LogP contribution is 2.18. The molecule has 15 heavy (non-hydrogen) atoms. The summed E-state index contributed by atoms with van der Waals surface area (Å²) in [5.74, 6) is 0.846. The molecule has 0 radical (unpaired) electrons. The number of anilines is 1. The van der Waals surface area contributed by atoms with Crippen LogP contribution in [0.25, 0.3) is 0 Å². The quantitative estimate of drug-likeness (QED) is 0.592. The summed E-state index contributed by atoms with van der Waals surface area (Å²) in [5, 5.41) is 8.34. The van der Waals surface area contributed by atoms with E-state index in [9.17, 15) is 0 Å². The van der Waals surface area contributed by atoms with Gasteiger partial charge in [0, 0.05) is 12.1 Å². The number of rotatable bonds is 5. The maximum Gasteiger partial charge on any atom is 0.119 e. The Morgan fingerprint density at radius 3 is 2.87 bits per heavy atom. The van der Waals surface area contributed by atoms with Crippen molar-refractivity contribution in [2.45, 2.75) is 26.2 Å². The molecular formula is C12H16N2O. The molecule has 1 aromatic rings. The summed E-state index contributed by atoms with van der Waals surface area (Å²) >= 11 is 0. The summed E-state index contributed by atoms with van der Waals surface area (Å²) in [5.41, 5.74) is 7.51. The van der Waals surface area contributed by atoms with E-state index in [1.165, 1.54) is 0 Å². The third-order valence-corrected chi connectivity index (χ3v) is 2.19. The first-order chi connectivity index (χ1) is 7.24. The highest BCUT2D eigenvalue weighted by molar-refractivity contribution is 5.49. The summed E-state index contributed by atoms with van der Waals surface area (Å²) in [6.45, 7) is 2.61. The standard InChI is InChI=1S/C12H16N2O/c1-10-9-11(5-6-12(10)14)15-8-4-2-3-7-13/h5-6,9H,2-4,8,14H2,1H3. The number of ether oxygens (including phenoxy) is 1. The summed E-state index contributed by atoms with van der Waals surface area (Å²) in [6, 6.07) is 7.76. The summed E-state index contributed by atoms with van der Waals surface area (Å²) in [4.78, 5) is 0. The first-order valence-corrected chi connectivity index (χ1v) is 5.10. The van der Waals surface area contributed by atoms with Gasteiger partial charge in [-0.25, -0.2) is 0 Å². The van der Waals surface area contributed by atoms with Crippen LogP contribution in [0.3, 0.4) is 0 Å². The van der Waals surface area contributed by atoms with E-state index in [-0.39, 0.29) is 0 Å². The number of unbranched alkanes of at least 4 members (excludes halogenated alkanes) is 2. The van der Waals surface area contributed by atoms with Crippen LogP contribution >= 0.6 is 0 Å². The van der Waals surface area contributed by atoms with Crippen LogP contribution in [-0.4, -0.2) is 6.61 Å². The second kappa shape index (κ2) is 5.92. The molecule has 0 bridgehead atoms. The lowest BCUT2D eigenvalue weighted by Gasteiger charge is -2.07. The van der Waals surface area contributed by atoms with Crippen LogP contribution in [0.5, 0.6) is 5.75 Å². The van der Waals surface area contributed by atoms with E-state index >= 15 is 0 Å². The van der Waals surface area contributed by atoms with E-state index in [0.29, 0.717) is 13.0 Å². The molecule has 80 valence electrons. The van der Waals surface area contributed by atoms with Gasteiger partial charge in [0.25, 0.3) is 0 Å². The van der Waals surface area contributed by atoms with E-state index in [2.05, 4.69) is 6.07 Å². The normalized spacial score (nSPS) is 9.60. The summed E-state index contributed by atoms with van der Waals surface area (Å²) in [6.07, 6.45) is 2.41. The monoisotopic (exact) mass is 204 g/mol. The van der Waals surface area contributed by atoms with Crippen LogP contribution in [0.4, 0.5) is 5.69 Å². The number of hydrogen-bond acceptors (Lipinski definition) is 3. The molecule has 0 atom stereocenters. The minimum Gasteiger partial charge on any atom is -0.494 e. The highest BCUT2D eigenvalue weighted by atomic mass is 16.5. The Balaban J connectivity index is 2.32. The van der Waals surface area contributed by atoms with Crippen LogP contribution in [0.2, 0.25) is 0 Å². The van der Waals surface area contributed by atoms with Crippen LogP contribution in [0.1, 0.15) is 24.8 Å². The van der Waals surface area contributed by atoms with Gasteiger partial charge in [0.1, 0.15) is 5.75 Å². The van der Waals surface area contributed by atoms with E-state index < -0.39 is 0 Å². The molecule has 2 N–H and O–H groups in total. The molecule has 0 aliphatic heterocycles. The van der Waals surface area contributed by atoms with Gasteiger partial charge in [-0.2, -0.15) is 5.26 Å². The average Bonchev–Trinajstić information content (AvgIpc) is 2.23. The van der Waals surface area contributed by atoms with Crippen LogP contribution in [-0.2, 0) is 0 Å². The first kappa shape index (κ1) is 11.4. The summed E-state index contributed by atoms with van der Waals surface area (Å²) < 4.78 is 5.52. The van der Waals surface area contributed by atoms with Crippen molar-refractivity contribution >= 4 is 5.69 Å². The lowest BCUT2D eigenvalue weighted by molar-refractivity contribution is 0.307. The Labute approximate surface area is 90.5 Å². The third kappa shape index (κ3) is 3.90. The topological polar surface area (TPSA) is 59.0 Å². The minimum atomic E-state index is 0.601. The molecule has 1 rings (SSSR count). The van der Waals surface area contributed by atoms with Crippen molar-refractivity contribution in [2.24, 2.45) is 0 Å². The first-order valence-electron chi connectivity index (χ1n) is 5.10. The van der Waals surface area contributed by atoms with Crippen molar-refractivity contribution in [3.63, 3.8) is 0 Å². The molecule has 3 nitrogen and oxygen atoms in total. The smallest absolute Gasteiger partial charge is 0.119 e. The molecular weight excluding hydrogens is 188 g/mol. The summed E-state index contributed by atoms with van der Waals surface area (Å²) in [7, 11) is 0. The third-order valence-electron chi connectivity index (χ3n) is 2.19. The molecule has 0 saturated heterocycles. The number of hydrogen-bond donors (Lipinski definition) is 1. The zero-order valence-corrected chi connectivity index (χ0v) is 8.99. The van der Waals surface area contributed by atoms with Crippen LogP contribution in [0, 0.1) is 18.3 Å². The second-order valence-corrected chi connectivity index (χ2v) is 3.48.